The number of rotatable bonds is 2. The molecule has 0 N–H and O–H groups in total. The lowest BCUT2D eigenvalue weighted by Crippen LogP contribution is -2.36. The predicted octanol–water partition coefficient (Wildman–Crippen LogP) is 3.97. The number of fused-ring (bicyclic) bond motifs is 1. The van der Waals surface area contributed by atoms with Gasteiger partial charge in [0.1, 0.15) is 0 Å². The van der Waals surface area contributed by atoms with Crippen LogP contribution in [0.4, 0.5) is 5.69 Å². The third-order valence-electron chi connectivity index (χ3n) is 3.53. The molecule has 0 aliphatic carbocycles. The molecule has 0 saturated heterocycles. The summed E-state index contributed by atoms with van der Waals surface area (Å²) in [6.07, 6.45) is 2.55. The lowest BCUT2D eigenvalue weighted by atomic mass is 9.91. The van der Waals surface area contributed by atoms with E-state index in [0.717, 1.165) is 0 Å². The molecule has 0 aromatic heterocycles. The van der Waals surface area contributed by atoms with Crippen molar-refractivity contribution in [3.05, 3.63) is 29.3 Å². The second-order valence-electron chi connectivity index (χ2n) is 5.40. The van der Waals surface area contributed by atoms with Crippen molar-refractivity contribution in [1.29, 1.82) is 0 Å². The van der Waals surface area contributed by atoms with E-state index in [-0.39, 0.29) is 0 Å². The van der Waals surface area contributed by atoms with E-state index in [0.29, 0.717) is 12.0 Å². The SMILES string of the molecule is CC(C)c1cccc2c1N(C(C)C)CCC2. The summed E-state index contributed by atoms with van der Waals surface area (Å²) in [4.78, 5) is 2.58. The van der Waals surface area contributed by atoms with Crippen LogP contribution < -0.4 is 4.90 Å². The predicted molar refractivity (Wildman–Crippen MR) is 71.3 cm³/mol. The molecule has 1 aliphatic heterocycles. The summed E-state index contributed by atoms with van der Waals surface area (Å²) in [7, 11) is 0. The highest BCUT2D eigenvalue weighted by Crippen LogP contribution is 2.35. The number of aryl methyl sites for hydroxylation is 1. The van der Waals surface area contributed by atoms with Gasteiger partial charge in [0.15, 0.2) is 0 Å². The van der Waals surface area contributed by atoms with Crippen molar-refractivity contribution in [2.24, 2.45) is 0 Å². The molecule has 0 fully saturated rings. The number of anilines is 1. The van der Waals surface area contributed by atoms with Gasteiger partial charge in [0.25, 0.3) is 0 Å². The summed E-state index contributed by atoms with van der Waals surface area (Å²) in [6.45, 7) is 10.4. The fourth-order valence-corrected chi connectivity index (χ4v) is 2.70. The van der Waals surface area contributed by atoms with Crippen molar-refractivity contribution in [2.75, 3.05) is 11.4 Å². The van der Waals surface area contributed by atoms with Crippen molar-refractivity contribution < 1.29 is 0 Å². The van der Waals surface area contributed by atoms with E-state index in [2.05, 4.69) is 50.8 Å². The van der Waals surface area contributed by atoms with Crippen LogP contribution in [0.3, 0.4) is 0 Å². The first-order valence-electron chi connectivity index (χ1n) is 6.49. The van der Waals surface area contributed by atoms with Crippen molar-refractivity contribution in [1.82, 2.24) is 0 Å². The first-order valence-corrected chi connectivity index (χ1v) is 6.49. The minimum atomic E-state index is 0.610. The Morgan fingerprint density at radius 3 is 2.50 bits per heavy atom. The summed E-state index contributed by atoms with van der Waals surface area (Å²) in [5.74, 6) is 0.620. The Kier molecular flexibility index (Phi) is 3.22. The van der Waals surface area contributed by atoms with E-state index in [9.17, 15) is 0 Å². The number of benzene rings is 1. The maximum absolute atomic E-state index is 2.58. The number of hydrogen-bond acceptors (Lipinski definition) is 1. The smallest absolute Gasteiger partial charge is 0.0436 e. The molecule has 16 heavy (non-hydrogen) atoms. The third-order valence-corrected chi connectivity index (χ3v) is 3.53. The van der Waals surface area contributed by atoms with E-state index >= 15 is 0 Å². The van der Waals surface area contributed by atoms with Crippen LogP contribution in [-0.2, 0) is 6.42 Å². The molecule has 88 valence electrons. The van der Waals surface area contributed by atoms with E-state index < -0.39 is 0 Å². The Labute approximate surface area is 99.5 Å². The minimum absolute atomic E-state index is 0.610. The topological polar surface area (TPSA) is 3.24 Å². The second-order valence-corrected chi connectivity index (χ2v) is 5.40. The van der Waals surface area contributed by atoms with Gasteiger partial charge in [-0.2, -0.15) is 0 Å². The Balaban J connectivity index is 2.51. The quantitative estimate of drug-likeness (QED) is 0.724. The first kappa shape index (κ1) is 11.5. The Bertz CT molecular complexity index is 366. The molecule has 0 bridgehead atoms. The molecule has 1 nitrogen and oxygen atoms in total. The van der Waals surface area contributed by atoms with Crippen LogP contribution in [0.2, 0.25) is 0 Å². The summed E-state index contributed by atoms with van der Waals surface area (Å²) in [5, 5.41) is 0. The van der Waals surface area contributed by atoms with Gasteiger partial charge in [0.2, 0.25) is 0 Å². The van der Waals surface area contributed by atoms with Crippen molar-refractivity contribution in [3.63, 3.8) is 0 Å². The molecule has 1 aromatic carbocycles. The van der Waals surface area contributed by atoms with Gasteiger partial charge in [-0.3, -0.25) is 0 Å². The summed E-state index contributed by atoms with van der Waals surface area (Å²) in [6, 6.07) is 7.43. The van der Waals surface area contributed by atoms with E-state index in [4.69, 9.17) is 0 Å². The van der Waals surface area contributed by atoms with Crippen LogP contribution in [0.1, 0.15) is 51.2 Å². The number of para-hydroxylation sites is 1. The molecule has 1 heterocycles. The zero-order chi connectivity index (χ0) is 11.7. The standard InChI is InChI=1S/C15H23N/c1-11(2)14-9-5-7-13-8-6-10-16(12(3)4)15(13)14/h5,7,9,11-12H,6,8,10H2,1-4H3. The molecule has 1 aromatic rings. The minimum Gasteiger partial charge on any atom is -0.369 e. The molecule has 0 amide bonds. The molecule has 0 atom stereocenters. The van der Waals surface area contributed by atoms with Gasteiger partial charge in [-0.05, 0) is 43.7 Å². The maximum Gasteiger partial charge on any atom is 0.0436 e. The first-order chi connectivity index (χ1) is 7.61. The van der Waals surface area contributed by atoms with Gasteiger partial charge >= 0.3 is 0 Å². The molecule has 0 radical (unpaired) electrons. The average molecular weight is 217 g/mol. The average Bonchev–Trinajstić information content (AvgIpc) is 2.27. The van der Waals surface area contributed by atoms with Gasteiger partial charge < -0.3 is 4.90 Å². The summed E-state index contributed by atoms with van der Waals surface area (Å²) < 4.78 is 0. The van der Waals surface area contributed by atoms with Gasteiger partial charge in [0.05, 0.1) is 0 Å². The Morgan fingerprint density at radius 1 is 1.12 bits per heavy atom. The molecule has 2 rings (SSSR count). The number of hydrogen-bond donors (Lipinski definition) is 0. The normalized spacial score (nSPS) is 15.8. The monoisotopic (exact) mass is 217 g/mol. The molecule has 0 unspecified atom stereocenters. The van der Waals surface area contributed by atoms with Crippen LogP contribution in [0.15, 0.2) is 18.2 Å². The van der Waals surface area contributed by atoms with Crippen LogP contribution in [-0.4, -0.2) is 12.6 Å². The zero-order valence-corrected chi connectivity index (χ0v) is 11.0. The van der Waals surface area contributed by atoms with E-state index in [1.807, 2.05) is 0 Å². The fraction of sp³-hybridized carbons (Fsp3) is 0.600. The van der Waals surface area contributed by atoms with Gasteiger partial charge in [0, 0.05) is 18.3 Å². The number of nitrogens with zero attached hydrogens (tertiary/aromatic N) is 1. The highest BCUT2D eigenvalue weighted by atomic mass is 15.2. The molecule has 0 saturated carbocycles. The molecular formula is C15H23N. The van der Waals surface area contributed by atoms with Crippen molar-refractivity contribution >= 4 is 5.69 Å². The molecular weight excluding hydrogens is 194 g/mol. The molecule has 1 heteroatoms. The summed E-state index contributed by atoms with van der Waals surface area (Å²) in [5.41, 5.74) is 4.59. The Morgan fingerprint density at radius 2 is 1.88 bits per heavy atom. The van der Waals surface area contributed by atoms with E-state index in [1.165, 1.54) is 30.6 Å². The molecule has 1 aliphatic rings. The van der Waals surface area contributed by atoms with Crippen LogP contribution in [0, 0.1) is 0 Å². The van der Waals surface area contributed by atoms with Gasteiger partial charge in [-0.25, -0.2) is 0 Å². The zero-order valence-electron chi connectivity index (χ0n) is 11.0. The Hall–Kier alpha value is -0.980. The van der Waals surface area contributed by atoms with E-state index in [1.54, 1.807) is 5.56 Å². The largest absolute Gasteiger partial charge is 0.369 e. The lowest BCUT2D eigenvalue weighted by Gasteiger charge is -2.37. The third kappa shape index (κ3) is 1.95. The maximum atomic E-state index is 2.58. The van der Waals surface area contributed by atoms with Gasteiger partial charge in [-0.1, -0.05) is 32.0 Å². The highest BCUT2D eigenvalue weighted by Gasteiger charge is 2.22. The van der Waals surface area contributed by atoms with Crippen molar-refractivity contribution in [2.45, 2.75) is 52.5 Å². The fourth-order valence-electron chi connectivity index (χ4n) is 2.70. The molecule has 0 spiro atoms. The lowest BCUT2D eigenvalue weighted by molar-refractivity contribution is 0.618. The van der Waals surface area contributed by atoms with Crippen LogP contribution in [0.25, 0.3) is 0 Å². The highest BCUT2D eigenvalue weighted by molar-refractivity contribution is 5.62. The second kappa shape index (κ2) is 4.48. The van der Waals surface area contributed by atoms with Crippen LogP contribution >= 0.6 is 0 Å². The van der Waals surface area contributed by atoms with Gasteiger partial charge in [-0.15, -0.1) is 0 Å². The summed E-state index contributed by atoms with van der Waals surface area (Å²) >= 11 is 0. The van der Waals surface area contributed by atoms with Crippen molar-refractivity contribution in [3.8, 4) is 0 Å². The van der Waals surface area contributed by atoms with Crippen LogP contribution in [0.5, 0.6) is 0 Å².